The van der Waals surface area contributed by atoms with Crippen LogP contribution in [0.5, 0.6) is 0 Å². The molecule has 18 heavy (non-hydrogen) atoms. The summed E-state index contributed by atoms with van der Waals surface area (Å²) in [5.74, 6) is 0. The zero-order valence-electron chi connectivity index (χ0n) is 12.8. The van der Waals surface area contributed by atoms with E-state index in [9.17, 15) is 0 Å². The van der Waals surface area contributed by atoms with Crippen molar-refractivity contribution in [1.29, 1.82) is 0 Å². The summed E-state index contributed by atoms with van der Waals surface area (Å²) in [5.41, 5.74) is 6.03. The Morgan fingerprint density at radius 1 is 1.11 bits per heavy atom. The van der Waals surface area contributed by atoms with E-state index < -0.39 is 0 Å². The van der Waals surface area contributed by atoms with Gasteiger partial charge in [0.2, 0.25) is 0 Å². The van der Waals surface area contributed by atoms with Crippen molar-refractivity contribution in [2.24, 2.45) is 5.73 Å². The van der Waals surface area contributed by atoms with E-state index in [1.807, 2.05) is 0 Å². The van der Waals surface area contributed by atoms with Crippen LogP contribution in [0.3, 0.4) is 0 Å². The number of unbranched alkanes of at least 4 members (excludes halogenated alkanes) is 4. The second kappa shape index (κ2) is 8.92. The van der Waals surface area contributed by atoms with Gasteiger partial charge in [-0.1, -0.05) is 46.0 Å². The van der Waals surface area contributed by atoms with Crippen LogP contribution in [-0.2, 0) is 0 Å². The van der Waals surface area contributed by atoms with Gasteiger partial charge in [0.25, 0.3) is 0 Å². The van der Waals surface area contributed by atoms with Gasteiger partial charge in [0, 0.05) is 24.7 Å². The minimum atomic E-state index is 0.633. The molecule has 1 heterocycles. The van der Waals surface area contributed by atoms with Gasteiger partial charge in [0.05, 0.1) is 0 Å². The lowest BCUT2D eigenvalue weighted by molar-refractivity contribution is 0.127. The van der Waals surface area contributed by atoms with E-state index in [0.29, 0.717) is 6.04 Å². The van der Waals surface area contributed by atoms with E-state index >= 15 is 0 Å². The number of likely N-dealkylation sites (tertiary alicyclic amines) is 1. The van der Waals surface area contributed by atoms with E-state index in [0.717, 1.165) is 18.6 Å². The maximum Gasteiger partial charge on any atom is 0.0224 e. The van der Waals surface area contributed by atoms with Gasteiger partial charge in [-0.25, -0.2) is 0 Å². The molecule has 1 aliphatic heterocycles. The molecule has 1 saturated heterocycles. The average molecular weight is 254 g/mol. The molecule has 0 bridgehead atoms. The Labute approximate surface area is 114 Å². The first-order valence-corrected chi connectivity index (χ1v) is 8.22. The monoisotopic (exact) mass is 254 g/mol. The van der Waals surface area contributed by atoms with Crippen LogP contribution in [0.15, 0.2) is 0 Å². The molecule has 2 N–H and O–H groups in total. The summed E-state index contributed by atoms with van der Waals surface area (Å²) in [5, 5.41) is 0. The number of nitrogens with zero attached hydrogens (tertiary/aromatic N) is 1. The lowest BCUT2D eigenvalue weighted by Crippen LogP contribution is -2.46. The zero-order chi connectivity index (χ0) is 13.4. The van der Waals surface area contributed by atoms with E-state index in [4.69, 9.17) is 5.73 Å². The Bertz CT molecular complexity index is 205. The third-order valence-corrected chi connectivity index (χ3v) is 4.65. The van der Waals surface area contributed by atoms with Crippen molar-refractivity contribution in [2.45, 2.75) is 96.7 Å². The fourth-order valence-corrected chi connectivity index (χ4v) is 3.54. The molecule has 108 valence electrons. The Balaban J connectivity index is 2.34. The largest absolute Gasteiger partial charge is 0.329 e. The summed E-state index contributed by atoms with van der Waals surface area (Å²) in [6.07, 6.45) is 12.2. The van der Waals surface area contributed by atoms with Crippen LogP contribution in [0.1, 0.15) is 78.6 Å². The van der Waals surface area contributed by atoms with Crippen molar-refractivity contribution >= 4 is 0 Å². The van der Waals surface area contributed by atoms with Gasteiger partial charge in [-0.05, 0) is 32.6 Å². The van der Waals surface area contributed by atoms with E-state index in [1.165, 1.54) is 57.8 Å². The predicted octanol–water partition coefficient (Wildman–Crippen LogP) is 3.94. The SMILES string of the molecule is CCCCCCCC(CN)N1C(C)CCC1CC. The Morgan fingerprint density at radius 2 is 1.83 bits per heavy atom. The number of rotatable bonds is 9. The second-order valence-corrected chi connectivity index (χ2v) is 6.03. The van der Waals surface area contributed by atoms with Crippen molar-refractivity contribution in [3.8, 4) is 0 Å². The van der Waals surface area contributed by atoms with Crippen LogP contribution >= 0.6 is 0 Å². The average Bonchev–Trinajstić information content (AvgIpc) is 2.75. The van der Waals surface area contributed by atoms with E-state index in [2.05, 4.69) is 25.7 Å². The van der Waals surface area contributed by atoms with Gasteiger partial charge in [-0.2, -0.15) is 0 Å². The molecule has 0 amide bonds. The summed E-state index contributed by atoms with van der Waals surface area (Å²) in [6, 6.07) is 2.18. The molecule has 1 aliphatic rings. The van der Waals surface area contributed by atoms with E-state index in [-0.39, 0.29) is 0 Å². The third-order valence-electron chi connectivity index (χ3n) is 4.65. The van der Waals surface area contributed by atoms with Gasteiger partial charge in [-0.3, -0.25) is 4.90 Å². The Hall–Kier alpha value is -0.0800. The van der Waals surface area contributed by atoms with Gasteiger partial charge in [-0.15, -0.1) is 0 Å². The van der Waals surface area contributed by atoms with Crippen LogP contribution in [0.2, 0.25) is 0 Å². The minimum Gasteiger partial charge on any atom is -0.329 e. The highest BCUT2D eigenvalue weighted by Crippen LogP contribution is 2.29. The molecule has 2 nitrogen and oxygen atoms in total. The van der Waals surface area contributed by atoms with Crippen molar-refractivity contribution in [1.82, 2.24) is 4.90 Å². The van der Waals surface area contributed by atoms with Crippen LogP contribution in [0, 0.1) is 0 Å². The van der Waals surface area contributed by atoms with Crippen LogP contribution in [0.25, 0.3) is 0 Å². The summed E-state index contributed by atoms with van der Waals surface area (Å²) in [7, 11) is 0. The van der Waals surface area contributed by atoms with Crippen LogP contribution in [-0.4, -0.2) is 29.6 Å². The Morgan fingerprint density at radius 3 is 2.44 bits per heavy atom. The molecule has 3 atom stereocenters. The molecule has 0 aromatic carbocycles. The molecule has 0 aromatic heterocycles. The predicted molar refractivity (Wildman–Crippen MR) is 80.8 cm³/mol. The summed E-state index contributed by atoms with van der Waals surface area (Å²) >= 11 is 0. The molecule has 3 unspecified atom stereocenters. The lowest BCUT2D eigenvalue weighted by atomic mass is 10.0. The smallest absolute Gasteiger partial charge is 0.0224 e. The Kier molecular flexibility index (Phi) is 7.92. The van der Waals surface area contributed by atoms with E-state index in [1.54, 1.807) is 0 Å². The number of hydrogen-bond acceptors (Lipinski definition) is 2. The van der Waals surface area contributed by atoms with Gasteiger partial charge >= 0.3 is 0 Å². The molecule has 0 spiro atoms. The first-order valence-electron chi connectivity index (χ1n) is 8.22. The third kappa shape index (κ3) is 4.55. The quantitative estimate of drug-likeness (QED) is 0.632. The van der Waals surface area contributed by atoms with Crippen molar-refractivity contribution in [2.75, 3.05) is 6.54 Å². The molecule has 0 radical (unpaired) electrons. The van der Waals surface area contributed by atoms with Gasteiger partial charge < -0.3 is 5.73 Å². The summed E-state index contributed by atoms with van der Waals surface area (Å²) in [4.78, 5) is 2.74. The number of hydrogen-bond donors (Lipinski definition) is 1. The lowest BCUT2D eigenvalue weighted by Gasteiger charge is -2.35. The van der Waals surface area contributed by atoms with Gasteiger partial charge in [0.1, 0.15) is 0 Å². The molecular weight excluding hydrogens is 220 g/mol. The van der Waals surface area contributed by atoms with Crippen LogP contribution in [0.4, 0.5) is 0 Å². The fraction of sp³-hybridized carbons (Fsp3) is 1.00. The highest BCUT2D eigenvalue weighted by atomic mass is 15.2. The summed E-state index contributed by atoms with van der Waals surface area (Å²) < 4.78 is 0. The molecule has 0 aliphatic carbocycles. The molecule has 0 saturated carbocycles. The first-order chi connectivity index (χ1) is 8.74. The van der Waals surface area contributed by atoms with Crippen LogP contribution < -0.4 is 5.73 Å². The molecule has 0 aromatic rings. The maximum atomic E-state index is 6.03. The standard InChI is InChI=1S/C16H34N2/c1-4-6-7-8-9-10-16(13-17)18-14(3)11-12-15(18)5-2/h14-16H,4-13,17H2,1-3H3. The topological polar surface area (TPSA) is 29.3 Å². The highest BCUT2D eigenvalue weighted by molar-refractivity contribution is 4.89. The molecule has 1 fully saturated rings. The maximum absolute atomic E-state index is 6.03. The van der Waals surface area contributed by atoms with Crippen molar-refractivity contribution < 1.29 is 0 Å². The van der Waals surface area contributed by atoms with Crippen molar-refractivity contribution in [3.05, 3.63) is 0 Å². The zero-order valence-corrected chi connectivity index (χ0v) is 12.8. The number of nitrogens with two attached hydrogens (primary N) is 1. The molecular formula is C16H34N2. The summed E-state index contributed by atoms with van der Waals surface area (Å²) in [6.45, 7) is 7.83. The normalized spacial score (nSPS) is 26.7. The highest BCUT2D eigenvalue weighted by Gasteiger charge is 2.33. The first kappa shape index (κ1) is 16.0. The molecule has 2 heteroatoms. The fourth-order valence-electron chi connectivity index (χ4n) is 3.54. The minimum absolute atomic E-state index is 0.633. The second-order valence-electron chi connectivity index (χ2n) is 6.03. The van der Waals surface area contributed by atoms with Gasteiger partial charge in [0.15, 0.2) is 0 Å². The molecule has 1 rings (SSSR count). The van der Waals surface area contributed by atoms with Crippen molar-refractivity contribution in [3.63, 3.8) is 0 Å².